The average molecular weight is 709 g/mol. The molecule has 2 aromatic rings. The first-order valence-electron chi connectivity index (χ1n) is 13.4. The number of halogens is 3. The highest BCUT2D eigenvalue weighted by Gasteiger charge is 2.76. The zero-order valence-electron chi connectivity index (χ0n) is 23.2. The van der Waals surface area contributed by atoms with Gasteiger partial charge in [0, 0.05) is 35.7 Å². The van der Waals surface area contributed by atoms with Crippen molar-refractivity contribution in [1.82, 2.24) is 4.90 Å². The number of hydrogen-bond acceptors (Lipinski definition) is 9. The minimum absolute atomic E-state index is 0.0456. The Morgan fingerprint density at radius 2 is 1.70 bits per heavy atom. The van der Waals surface area contributed by atoms with Gasteiger partial charge in [-0.05, 0) is 24.8 Å². The standard InChI is InChI=1S/C29H24BrCl2N3O9/c1-43-19-9-15(36)10-20(44-2)22(19)23-16-6-7-17-21(18(16)11-28(31)26(39)33(12-30)27(40)29(23,28)32)25(38)34(24(17)37)13-4-3-5-14(8-13)35(41)42/h3-6,8-10,17-18,21,23,36H,7,11-12H2,1-2H3. The Kier molecular flexibility index (Phi) is 7.21. The molecule has 6 rings (SSSR count). The summed E-state index contributed by atoms with van der Waals surface area (Å²) in [5, 5.41) is 21.8. The lowest BCUT2D eigenvalue weighted by Gasteiger charge is -2.51. The third-order valence-corrected chi connectivity index (χ3v) is 11.0. The van der Waals surface area contributed by atoms with Crippen LogP contribution in [0.25, 0.3) is 0 Å². The molecule has 1 saturated carbocycles. The largest absolute Gasteiger partial charge is 0.508 e. The fraction of sp³-hybridized carbons (Fsp3) is 0.379. The van der Waals surface area contributed by atoms with Crippen LogP contribution in [0.1, 0.15) is 24.3 Å². The Morgan fingerprint density at radius 3 is 2.30 bits per heavy atom. The lowest BCUT2D eigenvalue weighted by molar-refractivity contribution is -0.384. The van der Waals surface area contributed by atoms with Crippen molar-refractivity contribution >= 4 is 74.1 Å². The summed E-state index contributed by atoms with van der Waals surface area (Å²) in [4.78, 5) is 64.2. The van der Waals surface area contributed by atoms with Gasteiger partial charge in [0.2, 0.25) is 11.8 Å². The predicted octanol–water partition coefficient (Wildman–Crippen LogP) is 4.23. The number of fused-ring (bicyclic) bond motifs is 4. The molecule has 2 saturated heterocycles. The van der Waals surface area contributed by atoms with E-state index in [1.807, 2.05) is 0 Å². The normalized spacial score (nSPS) is 31.0. The van der Waals surface area contributed by atoms with E-state index in [0.29, 0.717) is 5.57 Å². The summed E-state index contributed by atoms with van der Waals surface area (Å²) in [6, 6.07) is 7.83. The first kappa shape index (κ1) is 30.4. The minimum Gasteiger partial charge on any atom is -0.508 e. The van der Waals surface area contributed by atoms with Crippen LogP contribution in [0.5, 0.6) is 17.2 Å². The Bertz CT molecular complexity index is 1680. The van der Waals surface area contributed by atoms with Crippen LogP contribution < -0.4 is 14.4 Å². The fourth-order valence-corrected chi connectivity index (χ4v) is 8.69. The topological polar surface area (TPSA) is 157 Å². The van der Waals surface area contributed by atoms with Crippen molar-refractivity contribution in [2.75, 3.05) is 24.6 Å². The van der Waals surface area contributed by atoms with Crippen molar-refractivity contribution in [3.8, 4) is 17.2 Å². The highest BCUT2D eigenvalue weighted by atomic mass is 79.9. The second kappa shape index (κ2) is 10.5. The summed E-state index contributed by atoms with van der Waals surface area (Å²) in [5.74, 6) is -6.63. The molecule has 12 nitrogen and oxygen atoms in total. The average Bonchev–Trinajstić information content (AvgIpc) is 3.34. The van der Waals surface area contributed by atoms with Crippen LogP contribution in [-0.2, 0) is 19.2 Å². The maximum absolute atomic E-state index is 14.1. The van der Waals surface area contributed by atoms with E-state index >= 15 is 0 Å². The van der Waals surface area contributed by atoms with Crippen molar-refractivity contribution in [2.45, 2.75) is 28.5 Å². The molecule has 15 heteroatoms. The molecule has 4 amide bonds. The molecule has 0 aromatic heterocycles. The van der Waals surface area contributed by atoms with Crippen LogP contribution in [0.4, 0.5) is 11.4 Å². The third kappa shape index (κ3) is 3.88. The smallest absolute Gasteiger partial charge is 0.271 e. The SMILES string of the molecule is COc1cc(O)cc(OC)c1C1C2=CCC3C(=O)N(c4cccc([N+](=O)[O-])c4)C(=O)C3C2CC2(Cl)C(=O)N(CBr)C(=O)C12Cl. The van der Waals surface area contributed by atoms with Crippen molar-refractivity contribution in [1.29, 1.82) is 0 Å². The molecule has 2 aliphatic carbocycles. The third-order valence-electron chi connectivity index (χ3n) is 9.13. The molecular weight excluding hydrogens is 685 g/mol. The van der Waals surface area contributed by atoms with Crippen LogP contribution in [0.15, 0.2) is 48.0 Å². The van der Waals surface area contributed by atoms with Crippen LogP contribution in [0, 0.1) is 27.9 Å². The first-order valence-corrected chi connectivity index (χ1v) is 15.3. The number of likely N-dealkylation sites (tertiary alicyclic amines) is 1. The Hall–Kier alpha value is -3.68. The fourth-order valence-electron chi connectivity index (χ4n) is 7.28. The molecule has 0 bridgehead atoms. The van der Waals surface area contributed by atoms with Gasteiger partial charge in [-0.1, -0.05) is 33.6 Å². The number of ether oxygens (including phenoxy) is 2. The van der Waals surface area contributed by atoms with Gasteiger partial charge in [-0.2, -0.15) is 0 Å². The maximum atomic E-state index is 14.1. The first-order chi connectivity index (χ1) is 20.8. The lowest BCUT2D eigenvalue weighted by atomic mass is 9.56. The van der Waals surface area contributed by atoms with Gasteiger partial charge in [-0.15, -0.1) is 23.2 Å². The molecule has 0 spiro atoms. The maximum Gasteiger partial charge on any atom is 0.271 e. The number of imide groups is 2. The molecular formula is C29H24BrCl2N3O9. The number of phenols is 1. The number of anilines is 1. The van der Waals surface area contributed by atoms with Gasteiger partial charge >= 0.3 is 0 Å². The van der Waals surface area contributed by atoms with E-state index in [9.17, 15) is 34.4 Å². The van der Waals surface area contributed by atoms with Gasteiger partial charge in [-0.25, -0.2) is 4.90 Å². The van der Waals surface area contributed by atoms with Gasteiger partial charge in [0.25, 0.3) is 17.5 Å². The summed E-state index contributed by atoms with van der Waals surface area (Å²) in [7, 11) is 2.70. The highest BCUT2D eigenvalue weighted by molar-refractivity contribution is 9.09. The number of carbonyl (C=O) groups is 4. The van der Waals surface area contributed by atoms with Crippen molar-refractivity contribution in [2.24, 2.45) is 17.8 Å². The molecule has 4 aliphatic rings. The monoisotopic (exact) mass is 707 g/mol. The number of benzene rings is 2. The van der Waals surface area contributed by atoms with E-state index in [4.69, 9.17) is 32.7 Å². The Morgan fingerprint density at radius 1 is 1.05 bits per heavy atom. The summed E-state index contributed by atoms with van der Waals surface area (Å²) in [5.41, 5.74) is 0.270. The van der Waals surface area contributed by atoms with Crippen LogP contribution >= 0.6 is 39.1 Å². The molecule has 230 valence electrons. The number of rotatable bonds is 6. The van der Waals surface area contributed by atoms with E-state index in [-0.39, 0.29) is 52.5 Å². The number of methoxy groups -OCH3 is 2. The summed E-state index contributed by atoms with van der Waals surface area (Å²) in [6.45, 7) is 0. The van der Waals surface area contributed by atoms with E-state index in [2.05, 4.69) is 15.9 Å². The zero-order chi connectivity index (χ0) is 31.9. The van der Waals surface area contributed by atoms with Crippen molar-refractivity contribution < 1.29 is 38.7 Å². The number of aromatic hydroxyl groups is 1. The number of nitro benzene ring substituents is 1. The number of carbonyl (C=O) groups excluding carboxylic acids is 4. The number of non-ortho nitro benzene ring substituents is 1. The predicted molar refractivity (Wildman–Crippen MR) is 160 cm³/mol. The molecule has 3 fully saturated rings. The van der Waals surface area contributed by atoms with Gasteiger partial charge < -0.3 is 14.6 Å². The van der Waals surface area contributed by atoms with Crippen LogP contribution in [-0.4, -0.2) is 68.0 Å². The second-order valence-electron chi connectivity index (χ2n) is 11.0. The Balaban J connectivity index is 1.56. The van der Waals surface area contributed by atoms with E-state index in [1.54, 1.807) is 6.08 Å². The summed E-state index contributed by atoms with van der Waals surface area (Å²) < 4.78 is 11.2. The number of alkyl halides is 3. The van der Waals surface area contributed by atoms with E-state index < -0.39 is 62.0 Å². The zero-order valence-corrected chi connectivity index (χ0v) is 26.3. The minimum atomic E-state index is -2.11. The molecule has 2 aromatic carbocycles. The van der Waals surface area contributed by atoms with E-state index in [1.165, 1.54) is 44.6 Å². The number of nitrogens with zero attached hydrogens (tertiary/aromatic N) is 3. The van der Waals surface area contributed by atoms with Gasteiger partial charge in [0.05, 0.1) is 42.1 Å². The van der Waals surface area contributed by atoms with Gasteiger partial charge in [0.15, 0.2) is 9.75 Å². The lowest BCUT2D eigenvalue weighted by Crippen LogP contribution is -2.60. The van der Waals surface area contributed by atoms with Crippen molar-refractivity contribution in [3.05, 3.63) is 63.7 Å². The van der Waals surface area contributed by atoms with E-state index in [0.717, 1.165) is 15.9 Å². The molecule has 0 radical (unpaired) electrons. The number of hydrogen-bond donors (Lipinski definition) is 1. The number of nitro groups is 1. The number of phenolic OH excluding ortho intramolecular Hbond substituents is 1. The van der Waals surface area contributed by atoms with Crippen LogP contribution in [0.3, 0.4) is 0 Å². The molecule has 6 atom stereocenters. The van der Waals surface area contributed by atoms with Gasteiger partial charge in [0.1, 0.15) is 17.2 Å². The second-order valence-corrected chi connectivity index (χ2v) is 12.8. The van der Waals surface area contributed by atoms with Crippen LogP contribution in [0.2, 0.25) is 0 Å². The highest BCUT2D eigenvalue weighted by Crippen LogP contribution is 2.67. The number of allylic oxidation sites excluding steroid dienone is 2. The number of amides is 4. The quantitative estimate of drug-likeness (QED) is 0.116. The van der Waals surface area contributed by atoms with Crippen molar-refractivity contribution in [3.63, 3.8) is 0 Å². The summed E-state index contributed by atoms with van der Waals surface area (Å²) in [6.07, 6.45) is 1.57. The molecule has 6 unspecified atom stereocenters. The van der Waals surface area contributed by atoms with Gasteiger partial charge in [-0.3, -0.25) is 34.2 Å². The molecule has 2 aliphatic heterocycles. The Labute approximate surface area is 268 Å². The molecule has 2 heterocycles. The molecule has 1 N–H and O–H groups in total. The summed E-state index contributed by atoms with van der Waals surface area (Å²) >= 11 is 17.7. The molecule has 44 heavy (non-hydrogen) atoms.